The molecular formula is C50H76N3O13P. The van der Waals surface area contributed by atoms with Gasteiger partial charge < -0.3 is 46.6 Å². The van der Waals surface area contributed by atoms with E-state index in [9.17, 15) is 38.4 Å². The predicted molar refractivity (Wildman–Crippen MR) is 258 cm³/mol. The lowest BCUT2D eigenvalue weighted by atomic mass is 9.82. The van der Waals surface area contributed by atoms with Crippen LogP contribution in [-0.4, -0.2) is 72.9 Å². The number of carboxylic acid groups (broad SMARTS) is 3. The minimum absolute atomic E-state index is 0.0179. The van der Waals surface area contributed by atoms with Crippen molar-refractivity contribution in [1.29, 1.82) is 0 Å². The number of nitrogens with two attached hydrogens (primary N) is 2. The van der Waals surface area contributed by atoms with Crippen LogP contribution < -0.4 is 22.1 Å². The minimum atomic E-state index is -4.02. The molecule has 0 spiro atoms. The SMILES string of the molecule is CCC(N)(C(=O)O)C(=O)OCc1ccccc1.CCC/C(=C/C(N)=O)C(=O)O.CCCCCCCCCCCCCCCCNC(=O)C1C2C=CC(C2)C1C(=O)O.O=P(O)(O)c1ccccc1. The normalized spacial score (nSPS) is 17.8. The van der Waals surface area contributed by atoms with Gasteiger partial charge in [0.05, 0.1) is 17.1 Å². The van der Waals surface area contributed by atoms with Crippen molar-refractivity contribution in [3.63, 3.8) is 0 Å². The van der Waals surface area contributed by atoms with Crippen LogP contribution in [0, 0.1) is 23.7 Å². The Morgan fingerprint density at radius 1 is 0.716 bits per heavy atom. The summed E-state index contributed by atoms with van der Waals surface area (Å²) in [5, 5.41) is 29.9. The first-order valence-corrected chi connectivity index (χ1v) is 25.2. The maximum atomic E-state index is 12.5. The van der Waals surface area contributed by atoms with Crippen molar-refractivity contribution in [2.45, 2.75) is 148 Å². The molecule has 2 bridgehead atoms. The van der Waals surface area contributed by atoms with E-state index in [2.05, 4.69) is 12.2 Å². The van der Waals surface area contributed by atoms with E-state index in [1.54, 1.807) is 42.5 Å². The highest BCUT2D eigenvalue weighted by molar-refractivity contribution is 7.60. The molecule has 0 radical (unpaired) electrons. The number of fused-ring (bicyclic) bond motifs is 2. The fraction of sp³-hybridized carbons (Fsp3) is 0.560. The van der Waals surface area contributed by atoms with Crippen molar-refractivity contribution in [1.82, 2.24) is 5.32 Å². The Hall–Kier alpha value is -5.15. The maximum absolute atomic E-state index is 12.5. The minimum Gasteiger partial charge on any atom is -0.481 e. The fourth-order valence-corrected chi connectivity index (χ4v) is 8.26. The summed E-state index contributed by atoms with van der Waals surface area (Å²) >= 11 is 0. The van der Waals surface area contributed by atoms with E-state index in [1.165, 1.54) is 96.1 Å². The molecule has 1 saturated carbocycles. The molecule has 5 unspecified atom stereocenters. The van der Waals surface area contributed by atoms with Gasteiger partial charge in [0.1, 0.15) is 6.61 Å². The number of aliphatic carboxylic acids is 3. The van der Waals surface area contributed by atoms with Gasteiger partial charge in [0.25, 0.3) is 0 Å². The average Bonchev–Trinajstić information content (AvgIpc) is 3.93. The van der Waals surface area contributed by atoms with E-state index in [0.717, 1.165) is 30.9 Å². The second kappa shape index (κ2) is 33.3. The number of unbranched alkanes of at least 4 members (excludes halogenated alkanes) is 13. The third-order valence-corrected chi connectivity index (χ3v) is 12.6. The Morgan fingerprint density at radius 3 is 1.60 bits per heavy atom. The first-order chi connectivity index (χ1) is 31.8. The van der Waals surface area contributed by atoms with Gasteiger partial charge in [-0.05, 0) is 55.2 Å². The Bertz CT molecular complexity index is 1900. The highest BCUT2D eigenvalue weighted by atomic mass is 31.2. The molecule has 2 aromatic rings. The van der Waals surface area contributed by atoms with Gasteiger partial charge in [-0.15, -0.1) is 0 Å². The summed E-state index contributed by atoms with van der Waals surface area (Å²) in [4.78, 5) is 84.3. The Morgan fingerprint density at radius 2 is 1.19 bits per heavy atom. The number of ether oxygens (including phenoxy) is 1. The smallest absolute Gasteiger partial charge is 0.356 e. The molecule has 5 atom stereocenters. The first-order valence-electron chi connectivity index (χ1n) is 23.6. The number of carbonyl (C=O) groups is 6. The van der Waals surface area contributed by atoms with Crippen LogP contribution in [0.4, 0.5) is 0 Å². The summed E-state index contributed by atoms with van der Waals surface area (Å²) in [6.45, 7) is 6.33. The molecule has 0 aliphatic heterocycles. The summed E-state index contributed by atoms with van der Waals surface area (Å²) < 4.78 is 15.4. The summed E-state index contributed by atoms with van der Waals surface area (Å²) in [6.07, 6.45) is 25.4. The van der Waals surface area contributed by atoms with Gasteiger partial charge in [-0.1, -0.05) is 171 Å². The number of esters is 1. The van der Waals surface area contributed by atoms with E-state index < -0.39 is 48.8 Å². The van der Waals surface area contributed by atoms with Crippen LogP contribution in [0.15, 0.2) is 84.5 Å². The van der Waals surface area contributed by atoms with Crippen LogP contribution in [-0.2, 0) is 44.7 Å². The lowest BCUT2D eigenvalue weighted by Crippen LogP contribution is -2.55. The van der Waals surface area contributed by atoms with Crippen molar-refractivity contribution in [3.8, 4) is 0 Å². The van der Waals surface area contributed by atoms with Gasteiger partial charge in [-0.25, -0.2) is 14.4 Å². The van der Waals surface area contributed by atoms with Crippen LogP contribution >= 0.6 is 7.60 Å². The first kappa shape index (κ1) is 59.9. The molecule has 0 aromatic heterocycles. The van der Waals surface area contributed by atoms with Crippen molar-refractivity contribution >= 4 is 48.6 Å². The third-order valence-electron chi connectivity index (χ3n) is 11.6. The highest BCUT2D eigenvalue weighted by Crippen LogP contribution is 2.48. The summed E-state index contributed by atoms with van der Waals surface area (Å²) in [6, 6.07) is 16.7. The number of nitrogens with one attached hydrogen (secondary N) is 1. The lowest BCUT2D eigenvalue weighted by Gasteiger charge is -2.23. The third kappa shape index (κ3) is 23.9. The quantitative estimate of drug-likeness (QED) is 0.0106. The number of primary amides is 1. The molecular weight excluding hydrogens is 882 g/mol. The molecule has 17 heteroatoms. The van der Waals surface area contributed by atoms with E-state index >= 15 is 0 Å². The van der Waals surface area contributed by atoms with Gasteiger partial charge in [-0.2, -0.15) is 0 Å². The summed E-state index contributed by atoms with van der Waals surface area (Å²) in [7, 11) is -4.02. The second-order valence-corrected chi connectivity index (χ2v) is 18.5. The number of benzene rings is 2. The molecule has 2 aliphatic carbocycles. The predicted octanol–water partition coefficient (Wildman–Crippen LogP) is 7.80. The van der Waals surface area contributed by atoms with E-state index in [0.29, 0.717) is 19.4 Å². The van der Waals surface area contributed by atoms with Crippen molar-refractivity contribution < 1.29 is 63.2 Å². The number of allylic oxidation sites excluding steroid dienone is 2. The fourth-order valence-electron chi connectivity index (χ4n) is 7.70. The monoisotopic (exact) mass is 958 g/mol. The maximum Gasteiger partial charge on any atom is 0.356 e. The van der Waals surface area contributed by atoms with Crippen LogP contribution in [0.5, 0.6) is 0 Å². The number of carbonyl (C=O) groups excluding carboxylic acids is 3. The number of carboxylic acids is 3. The van der Waals surface area contributed by atoms with Gasteiger partial charge in [0, 0.05) is 18.2 Å². The molecule has 374 valence electrons. The van der Waals surface area contributed by atoms with E-state index in [1.807, 2.05) is 25.1 Å². The summed E-state index contributed by atoms with van der Waals surface area (Å²) in [5.41, 5.74) is 9.14. The molecule has 4 rings (SSSR count). The average molecular weight is 958 g/mol. The molecule has 10 N–H and O–H groups in total. The van der Waals surface area contributed by atoms with E-state index in [4.69, 9.17) is 36.2 Å². The molecule has 67 heavy (non-hydrogen) atoms. The zero-order valence-corrected chi connectivity index (χ0v) is 40.5. The van der Waals surface area contributed by atoms with Gasteiger partial charge in [0.15, 0.2) is 0 Å². The molecule has 0 saturated heterocycles. The van der Waals surface area contributed by atoms with Crippen molar-refractivity contribution in [2.75, 3.05) is 6.54 Å². The molecule has 2 aliphatic rings. The molecule has 1 fully saturated rings. The van der Waals surface area contributed by atoms with Crippen LogP contribution in [0.3, 0.4) is 0 Å². The molecule has 16 nitrogen and oxygen atoms in total. The molecule has 2 amide bonds. The van der Waals surface area contributed by atoms with Gasteiger partial charge in [0.2, 0.25) is 17.4 Å². The van der Waals surface area contributed by atoms with Crippen molar-refractivity contribution in [3.05, 3.63) is 90.0 Å². The lowest BCUT2D eigenvalue weighted by molar-refractivity contribution is -0.162. The zero-order chi connectivity index (χ0) is 50.3. The topological polar surface area (TPSA) is 294 Å². The Labute approximate surface area is 396 Å². The molecule has 0 heterocycles. The zero-order valence-electron chi connectivity index (χ0n) is 39.6. The Kier molecular flexibility index (Phi) is 29.8. The van der Waals surface area contributed by atoms with Gasteiger partial charge >= 0.3 is 31.5 Å². The number of amides is 2. The largest absolute Gasteiger partial charge is 0.481 e. The van der Waals surface area contributed by atoms with Crippen LogP contribution in [0.25, 0.3) is 0 Å². The van der Waals surface area contributed by atoms with Crippen LogP contribution in [0.2, 0.25) is 0 Å². The number of hydrogen-bond acceptors (Lipinski definition) is 9. The number of rotatable bonds is 27. The van der Waals surface area contributed by atoms with Crippen molar-refractivity contribution in [2.24, 2.45) is 35.1 Å². The second-order valence-electron chi connectivity index (χ2n) is 16.9. The summed E-state index contributed by atoms with van der Waals surface area (Å²) in [5.74, 6) is -5.68. The van der Waals surface area contributed by atoms with Gasteiger partial charge in [-0.3, -0.25) is 18.9 Å². The highest BCUT2D eigenvalue weighted by Gasteiger charge is 2.51. The Balaban J connectivity index is 0.000000497. The molecule has 2 aromatic carbocycles. The van der Waals surface area contributed by atoms with E-state index in [-0.39, 0.29) is 47.6 Å². The number of hydrogen-bond donors (Lipinski definition) is 8. The van der Waals surface area contributed by atoms with Crippen LogP contribution in [0.1, 0.15) is 142 Å². The standard InChI is InChI=1S/C25H43NO3.C12H15NO4.C7H11NO3.C6H7O3P/c1-2-3-4-5-6-7-8-9-10-11-12-13-14-15-18-26-24(27)22-20-16-17-21(19-20)23(22)25(28)29;1-2-12(13,10(14)15)11(16)17-8-9-6-4-3-5-7-9;1-2-3-5(7(10)11)4-6(8)9;7-10(8,9)6-4-2-1-3-5-6/h16-17,20-23H,2-15,18-19H2,1H3,(H,26,27)(H,28,29);3-7H,2,8,13H2,1H3,(H,14,15);4H,2-3H2,1H3,(H2,8,9)(H,10,11);1-5H,(H2,7,8,9)/b;;5-4-;.